The van der Waals surface area contributed by atoms with E-state index < -0.39 is 66.3 Å². The Morgan fingerprint density at radius 2 is 1.73 bits per heavy atom. The molecule has 1 N–H and O–H groups in total. The first-order valence-corrected chi connectivity index (χ1v) is 16.2. The number of alkyl halides is 6. The van der Waals surface area contributed by atoms with Gasteiger partial charge in [0.25, 0.3) is 0 Å². The molecular weight excluding hydrogens is 700 g/mol. The van der Waals surface area contributed by atoms with Gasteiger partial charge in [-0.2, -0.15) is 31.6 Å². The number of carbonyl (C=O) groups is 2. The molecule has 0 bridgehead atoms. The number of hydrogen-bond donors (Lipinski definition) is 1. The second kappa shape index (κ2) is 14.8. The zero-order valence-electron chi connectivity index (χ0n) is 28.3. The van der Waals surface area contributed by atoms with Crippen molar-refractivity contribution in [2.45, 2.75) is 64.6 Å². The molecule has 1 amide bonds. The van der Waals surface area contributed by atoms with Crippen LogP contribution in [0.15, 0.2) is 42.7 Å². The van der Waals surface area contributed by atoms with Crippen LogP contribution in [-0.4, -0.2) is 71.1 Å². The van der Waals surface area contributed by atoms with Crippen LogP contribution in [0.1, 0.15) is 67.7 Å². The summed E-state index contributed by atoms with van der Waals surface area (Å²) < 4.78 is 94.9. The van der Waals surface area contributed by atoms with E-state index in [4.69, 9.17) is 9.47 Å². The number of aromatic nitrogens is 3. The fraction of sp³-hybridized carbons (Fsp3) is 0.471. The molecule has 5 rings (SSSR count). The predicted octanol–water partition coefficient (Wildman–Crippen LogP) is 6.60. The molecule has 2 atom stereocenters. The highest BCUT2D eigenvalue weighted by Crippen LogP contribution is 2.44. The molecule has 0 spiro atoms. The van der Waals surface area contributed by atoms with Crippen molar-refractivity contribution in [1.82, 2.24) is 15.0 Å². The first-order valence-electron chi connectivity index (χ1n) is 16.2. The van der Waals surface area contributed by atoms with Crippen LogP contribution in [0.5, 0.6) is 0 Å². The van der Waals surface area contributed by atoms with E-state index in [0.717, 1.165) is 17.0 Å². The smallest absolute Gasteiger partial charge is 0.433 e. The van der Waals surface area contributed by atoms with Crippen LogP contribution in [0.4, 0.5) is 48.5 Å². The number of ether oxygens (including phenoxy) is 2. The highest BCUT2D eigenvalue weighted by Gasteiger charge is 2.44. The summed E-state index contributed by atoms with van der Waals surface area (Å²) in [5.74, 6) is -1.30. The van der Waals surface area contributed by atoms with Crippen molar-refractivity contribution in [1.29, 1.82) is 5.26 Å². The van der Waals surface area contributed by atoms with Crippen molar-refractivity contribution in [2.24, 2.45) is 5.41 Å². The predicted molar refractivity (Wildman–Crippen MR) is 173 cm³/mol. The van der Waals surface area contributed by atoms with Crippen molar-refractivity contribution in [3.63, 3.8) is 0 Å². The Balaban J connectivity index is 1.65. The molecule has 1 fully saturated rings. The number of nitrogens with zero attached hydrogens (tertiary/aromatic N) is 7. The van der Waals surface area contributed by atoms with E-state index in [1.165, 1.54) is 37.2 Å². The molecule has 1 saturated heterocycles. The number of amides is 1. The van der Waals surface area contributed by atoms with Gasteiger partial charge in [0.05, 0.1) is 71.3 Å². The maximum Gasteiger partial charge on any atom is 0.433 e. The lowest BCUT2D eigenvalue weighted by atomic mass is 9.91. The molecule has 12 nitrogen and oxygen atoms in total. The molecule has 0 aliphatic carbocycles. The average Bonchev–Trinajstić information content (AvgIpc) is 3.11. The number of morpholine rings is 1. The average molecular weight is 736 g/mol. The van der Waals surface area contributed by atoms with Crippen molar-refractivity contribution in [3.05, 3.63) is 70.8 Å². The lowest BCUT2D eigenvalue weighted by Crippen LogP contribution is -2.49. The summed E-state index contributed by atoms with van der Waals surface area (Å²) in [5.41, 5.74) is -3.90. The number of nitriles is 1. The highest BCUT2D eigenvalue weighted by molar-refractivity contribution is 5.90. The summed E-state index contributed by atoms with van der Waals surface area (Å²) in [6, 6.07) is 4.33. The highest BCUT2D eigenvalue weighted by atomic mass is 19.4. The number of carboxylic acids is 1. The summed E-state index contributed by atoms with van der Waals surface area (Å²) in [7, 11) is 0. The minimum Gasteiger partial charge on any atom is -0.481 e. The summed E-state index contributed by atoms with van der Waals surface area (Å²) >= 11 is 0. The Labute approximate surface area is 294 Å². The summed E-state index contributed by atoms with van der Waals surface area (Å²) in [6.45, 7) is 5.46. The lowest BCUT2D eigenvalue weighted by molar-refractivity contribution is -0.149. The topological polar surface area (TPSA) is 145 Å². The van der Waals surface area contributed by atoms with E-state index in [1.807, 2.05) is 4.90 Å². The van der Waals surface area contributed by atoms with E-state index in [9.17, 15) is 46.3 Å². The Kier molecular flexibility index (Phi) is 10.8. The third-order valence-electron chi connectivity index (χ3n) is 8.87. The molecule has 2 aliphatic rings. The van der Waals surface area contributed by atoms with Gasteiger partial charge in [0.2, 0.25) is 5.95 Å². The first-order chi connectivity index (χ1) is 24.4. The molecule has 0 saturated carbocycles. The zero-order chi connectivity index (χ0) is 38.0. The van der Waals surface area contributed by atoms with Crippen LogP contribution < -0.4 is 14.7 Å². The quantitative estimate of drug-likeness (QED) is 0.237. The standard InChI is InChI=1S/C34H35F6N7O5/c1-4-23-14-26(28-25(5-6-27(44-28)34(38,39)40)47(23)31(50)52-19-32(2,3)29(48)49)46(18-21-11-20(15-41)12-22(13-21)33(35,36)37)30-42-16-24(17-43-30)45-7-9-51-10-8-45/h5-6,11-13,16-17,23,26H,4,7-10,14,18-19H2,1-3H3,(H,48,49)/t23-,26-/m1/s1. The van der Waals surface area contributed by atoms with Crippen LogP contribution in [0.25, 0.3) is 0 Å². The normalized spacial score (nSPS) is 18.0. The lowest BCUT2D eigenvalue weighted by Gasteiger charge is -2.43. The number of benzene rings is 1. The monoisotopic (exact) mass is 735 g/mol. The third-order valence-corrected chi connectivity index (χ3v) is 8.87. The van der Waals surface area contributed by atoms with Gasteiger partial charge in [-0.1, -0.05) is 6.92 Å². The van der Waals surface area contributed by atoms with E-state index in [0.29, 0.717) is 44.1 Å². The van der Waals surface area contributed by atoms with Gasteiger partial charge in [-0.05, 0) is 62.6 Å². The fourth-order valence-electron chi connectivity index (χ4n) is 5.97. The fourth-order valence-corrected chi connectivity index (χ4v) is 5.97. The van der Waals surface area contributed by atoms with E-state index in [1.54, 1.807) is 13.0 Å². The minimum absolute atomic E-state index is 0.00783. The number of pyridine rings is 1. The van der Waals surface area contributed by atoms with Crippen LogP contribution in [0.2, 0.25) is 0 Å². The maximum atomic E-state index is 14.1. The van der Waals surface area contributed by atoms with Gasteiger partial charge in [0.15, 0.2) is 0 Å². The Bertz CT molecular complexity index is 1820. The van der Waals surface area contributed by atoms with Gasteiger partial charge in [0, 0.05) is 25.7 Å². The van der Waals surface area contributed by atoms with Crippen LogP contribution in [-0.2, 0) is 33.2 Å². The van der Waals surface area contributed by atoms with Gasteiger partial charge < -0.3 is 24.4 Å². The van der Waals surface area contributed by atoms with Crippen LogP contribution in [0, 0.1) is 16.7 Å². The summed E-state index contributed by atoms with van der Waals surface area (Å²) in [4.78, 5) is 42.7. The molecular formula is C34H35F6N7O5. The number of anilines is 3. The number of fused-ring (bicyclic) bond motifs is 1. The number of carboxylic acid groups (broad SMARTS) is 1. The van der Waals surface area contributed by atoms with E-state index in [2.05, 4.69) is 15.0 Å². The Hall–Kier alpha value is -5.18. The third kappa shape index (κ3) is 8.30. The maximum absolute atomic E-state index is 14.1. The number of hydrogen-bond acceptors (Lipinski definition) is 10. The molecule has 2 aromatic heterocycles. The zero-order valence-corrected chi connectivity index (χ0v) is 28.3. The minimum atomic E-state index is -4.91. The van der Waals surface area contributed by atoms with Crippen molar-refractivity contribution in [2.75, 3.05) is 47.6 Å². The molecule has 18 heteroatoms. The summed E-state index contributed by atoms with van der Waals surface area (Å²) in [5, 5.41) is 19.1. The van der Waals surface area contributed by atoms with Gasteiger partial charge in [0.1, 0.15) is 12.3 Å². The molecule has 0 radical (unpaired) electrons. The SMILES string of the molecule is CC[C@@H]1C[C@@H](N(Cc2cc(C#N)cc(C(F)(F)F)c2)c2ncc(N3CCOCC3)cn2)c2nc(C(F)(F)F)ccc2N1C(=O)OCC(C)(C)C(=O)O. The summed E-state index contributed by atoms with van der Waals surface area (Å²) in [6.07, 6.45) is -7.63. The molecule has 0 unspecified atom stereocenters. The molecule has 52 heavy (non-hydrogen) atoms. The Morgan fingerprint density at radius 1 is 1.06 bits per heavy atom. The van der Waals surface area contributed by atoms with E-state index in [-0.39, 0.29) is 41.3 Å². The van der Waals surface area contributed by atoms with Gasteiger partial charge in [-0.25, -0.2) is 19.7 Å². The van der Waals surface area contributed by atoms with E-state index >= 15 is 0 Å². The van der Waals surface area contributed by atoms with Gasteiger partial charge >= 0.3 is 24.4 Å². The number of carbonyl (C=O) groups excluding carboxylic acids is 1. The van der Waals surface area contributed by atoms with Gasteiger partial charge in [-0.15, -0.1) is 0 Å². The largest absolute Gasteiger partial charge is 0.481 e. The molecule has 3 aromatic rings. The first kappa shape index (κ1) is 38.1. The van der Waals surface area contributed by atoms with Crippen LogP contribution >= 0.6 is 0 Å². The molecule has 4 heterocycles. The Morgan fingerprint density at radius 3 is 2.31 bits per heavy atom. The molecule has 2 aliphatic heterocycles. The van der Waals surface area contributed by atoms with Crippen molar-refractivity contribution >= 4 is 29.4 Å². The second-order valence-electron chi connectivity index (χ2n) is 13.0. The number of halogens is 6. The van der Waals surface area contributed by atoms with Crippen LogP contribution in [0.3, 0.4) is 0 Å². The number of aliphatic carboxylic acids is 1. The molecule has 278 valence electrons. The van der Waals surface area contributed by atoms with Gasteiger partial charge in [-0.3, -0.25) is 9.69 Å². The van der Waals surface area contributed by atoms with Crippen molar-refractivity contribution in [3.8, 4) is 6.07 Å². The number of rotatable bonds is 9. The van der Waals surface area contributed by atoms with Crippen molar-refractivity contribution < 1.29 is 50.5 Å². The second-order valence-corrected chi connectivity index (χ2v) is 13.0. The molecule has 1 aromatic carbocycles.